The van der Waals surface area contributed by atoms with Crippen molar-refractivity contribution >= 4 is 29.1 Å². The molecule has 0 heterocycles. The molecule has 0 aliphatic rings. The maximum Gasteiger partial charge on any atom is 0.257 e. The number of hydrogen-bond donors (Lipinski definition) is 3. The molecule has 3 N–H and O–H groups in total. The van der Waals surface area contributed by atoms with Crippen molar-refractivity contribution in [2.45, 2.75) is 19.8 Å². The van der Waals surface area contributed by atoms with E-state index >= 15 is 0 Å². The summed E-state index contributed by atoms with van der Waals surface area (Å²) in [5.74, 6) is 0.109. The lowest BCUT2D eigenvalue weighted by atomic mass is 10.2. The van der Waals surface area contributed by atoms with Crippen LogP contribution in [0.1, 0.15) is 30.1 Å². The summed E-state index contributed by atoms with van der Waals surface area (Å²) in [6.07, 6.45) is 1.13. The Morgan fingerprint density at radius 2 is 1.85 bits per heavy atom. The van der Waals surface area contributed by atoms with Gasteiger partial charge in [-0.05, 0) is 42.9 Å². The quantitative estimate of drug-likeness (QED) is 0.573. The SMILES string of the molecule is CCCC(=O)NNC(=S)NC(=O)c1ccc(OC)cc1. The molecule has 0 unspecified atom stereocenters. The average molecular weight is 295 g/mol. The highest BCUT2D eigenvalue weighted by atomic mass is 32.1. The first-order valence-electron chi connectivity index (χ1n) is 6.11. The molecule has 1 rings (SSSR count). The second kappa shape index (κ2) is 8.11. The third-order valence-electron chi connectivity index (χ3n) is 2.37. The summed E-state index contributed by atoms with van der Waals surface area (Å²) < 4.78 is 5.00. The summed E-state index contributed by atoms with van der Waals surface area (Å²) in [5, 5.41) is 2.49. The Morgan fingerprint density at radius 1 is 1.20 bits per heavy atom. The number of amides is 2. The first-order valence-corrected chi connectivity index (χ1v) is 6.52. The van der Waals surface area contributed by atoms with Gasteiger partial charge in [-0.25, -0.2) is 0 Å². The number of thiocarbonyl (C=S) groups is 1. The first-order chi connectivity index (χ1) is 9.56. The highest BCUT2D eigenvalue weighted by Crippen LogP contribution is 2.10. The van der Waals surface area contributed by atoms with Gasteiger partial charge in [0.05, 0.1) is 7.11 Å². The second-order valence-corrected chi connectivity index (χ2v) is 4.34. The molecule has 0 bridgehead atoms. The average Bonchev–Trinajstić information content (AvgIpc) is 2.45. The number of benzene rings is 1. The molecule has 20 heavy (non-hydrogen) atoms. The van der Waals surface area contributed by atoms with E-state index in [9.17, 15) is 9.59 Å². The fraction of sp³-hybridized carbons (Fsp3) is 0.308. The summed E-state index contributed by atoms with van der Waals surface area (Å²) in [6, 6.07) is 6.59. The van der Waals surface area contributed by atoms with Gasteiger partial charge < -0.3 is 4.74 Å². The Kier molecular flexibility index (Phi) is 6.45. The lowest BCUT2D eigenvalue weighted by Gasteiger charge is -2.10. The van der Waals surface area contributed by atoms with E-state index in [-0.39, 0.29) is 16.9 Å². The molecule has 108 valence electrons. The van der Waals surface area contributed by atoms with Crippen LogP contribution in [0, 0.1) is 0 Å². The molecular formula is C13H17N3O3S. The van der Waals surface area contributed by atoms with E-state index < -0.39 is 0 Å². The predicted molar refractivity (Wildman–Crippen MR) is 79.2 cm³/mol. The number of methoxy groups -OCH3 is 1. The number of hydrogen-bond acceptors (Lipinski definition) is 4. The lowest BCUT2D eigenvalue weighted by Crippen LogP contribution is -2.48. The van der Waals surface area contributed by atoms with E-state index in [4.69, 9.17) is 17.0 Å². The zero-order valence-corrected chi connectivity index (χ0v) is 12.2. The molecule has 0 saturated heterocycles. The van der Waals surface area contributed by atoms with Crippen LogP contribution < -0.4 is 20.9 Å². The fourth-order valence-corrected chi connectivity index (χ4v) is 1.51. The van der Waals surface area contributed by atoms with Gasteiger partial charge in [0.1, 0.15) is 5.75 Å². The molecule has 0 radical (unpaired) electrons. The normalized spacial score (nSPS) is 9.50. The highest BCUT2D eigenvalue weighted by Gasteiger charge is 2.08. The van der Waals surface area contributed by atoms with Crippen molar-refractivity contribution in [2.24, 2.45) is 0 Å². The van der Waals surface area contributed by atoms with Crippen LogP contribution >= 0.6 is 12.2 Å². The summed E-state index contributed by atoms with van der Waals surface area (Å²) in [7, 11) is 1.55. The predicted octanol–water partition coefficient (Wildman–Crippen LogP) is 1.13. The van der Waals surface area contributed by atoms with Crippen LogP contribution in [0.5, 0.6) is 5.75 Å². The van der Waals surface area contributed by atoms with Gasteiger partial charge in [0.15, 0.2) is 5.11 Å². The Hall–Kier alpha value is -2.15. The third kappa shape index (κ3) is 5.23. The minimum absolute atomic E-state index is 0.0373. The van der Waals surface area contributed by atoms with Gasteiger partial charge >= 0.3 is 0 Å². The van der Waals surface area contributed by atoms with Crippen LogP contribution in [0.3, 0.4) is 0 Å². The van der Waals surface area contributed by atoms with Crippen molar-refractivity contribution in [3.05, 3.63) is 29.8 Å². The fourth-order valence-electron chi connectivity index (χ4n) is 1.36. The van der Waals surface area contributed by atoms with E-state index in [0.717, 1.165) is 6.42 Å². The lowest BCUT2D eigenvalue weighted by molar-refractivity contribution is -0.121. The van der Waals surface area contributed by atoms with Gasteiger partial charge in [0.2, 0.25) is 5.91 Å². The number of hydrazine groups is 1. The second-order valence-electron chi connectivity index (χ2n) is 3.93. The molecular weight excluding hydrogens is 278 g/mol. The van der Waals surface area contributed by atoms with Gasteiger partial charge in [-0.3, -0.25) is 25.8 Å². The topological polar surface area (TPSA) is 79.5 Å². The summed E-state index contributed by atoms with van der Waals surface area (Å²) >= 11 is 4.90. The molecule has 1 aromatic rings. The molecule has 0 aliphatic heterocycles. The summed E-state index contributed by atoms with van der Waals surface area (Å²) in [5.41, 5.74) is 5.30. The van der Waals surface area contributed by atoms with Crippen molar-refractivity contribution in [3.63, 3.8) is 0 Å². The monoisotopic (exact) mass is 295 g/mol. The number of nitrogens with one attached hydrogen (secondary N) is 3. The van der Waals surface area contributed by atoms with Crippen molar-refractivity contribution in [1.29, 1.82) is 0 Å². The van der Waals surface area contributed by atoms with Gasteiger partial charge in [-0.2, -0.15) is 0 Å². The van der Waals surface area contributed by atoms with E-state index in [1.807, 2.05) is 6.92 Å². The number of ether oxygens (including phenoxy) is 1. The highest BCUT2D eigenvalue weighted by molar-refractivity contribution is 7.80. The Morgan fingerprint density at radius 3 is 2.40 bits per heavy atom. The molecule has 0 fully saturated rings. The number of carbonyl (C=O) groups is 2. The minimum atomic E-state index is -0.366. The maximum atomic E-state index is 11.8. The Balaban J connectivity index is 2.44. The molecule has 0 atom stereocenters. The van der Waals surface area contributed by atoms with Crippen LogP contribution in [0.15, 0.2) is 24.3 Å². The van der Waals surface area contributed by atoms with E-state index in [0.29, 0.717) is 17.7 Å². The minimum Gasteiger partial charge on any atom is -0.497 e. The van der Waals surface area contributed by atoms with Gasteiger partial charge in [0.25, 0.3) is 5.91 Å². The molecule has 0 aliphatic carbocycles. The van der Waals surface area contributed by atoms with Crippen LogP contribution in [0.2, 0.25) is 0 Å². The van der Waals surface area contributed by atoms with Crippen molar-refractivity contribution in [2.75, 3.05) is 7.11 Å². The van der Waals surface area contributed by atoms with Gasteiger partial charge in [-0.15, -0.1) is 0 Å². The number of carbonyl (C=O) groups excluding carboxylic acids is 2. The Bertz CT molecular complexity index is 488. The van der Waals surface area contributed by atoms with Gasteiger partial charge in [-0.1, -0.05) is 6.92 Å². The zero-order valence-electron chi connectivity index (χ0n) is 11.4. The Labute approximate surface area is 122 Å². The van der Waals surface area contributed by atoms with E-state index in [1.54, 1.807) is 31.4 Å². The summed E-state index contributed by atoms with van der Waals surface area (Å²) in [6.45, 7) is 1.89. The number of rotatable bonds is 4. The molecule has 2 amide bonds. The third-order valence-corrected chi connectivity index (χ3v) is 2.58. The maximum absolute atomic E-state index is 11.8. The van der Waals surface area contributed by atoms with Crippen LogP contribution in [0.4, 0.5) is 0 Å². The van der Waals surface area contributed by atoms with Crippen LogP contribution in [-0.4, -0.2) is 24.0 Å². The summed E-state index contributed by atoms with van der Waals surface area (Å²) in [4.78, 5) is 23.0. The van der Waals surface area contributed by atoms with Crippen LogP contribution in [-0.2, 0) is 4.79 Å². The zero-order chi connectivity index (χ0) is 15.0. The molecule has 0 saturated carbocycles. The first kappa shape index (κ1) is 15.9. The van der Waals surface area contributed by atoms with E-state index in [1.165, 1.54) is 0 Å². The van der Waals surface area contributed by atoms with Crippen molar-refractivity contribution < 1.29 is 14.3 Å². The van der Waals surface area contributed by atoms with Crippen molar-refractivity contribution in [1.82, 2.24) is 16.2 Å². The standard InChI is InChI=1S/C13H17N3O3S/c1-3-4-11(17)15-16-13(20)14-12(18)9-5-7-10(19-2)8-6-9/h5-8H,3-4H2,1-2H3,(H,15,17)(H2,14,16,18,20). The smallest absolute Gasteiger partial charge is 0.257 e. The van der Waals surface area contributed by atoms with E-state index in [2.05, 4.69) is 16.2 Å². The largest absolute Gasteiger partial charge is 0.497 e. The molecule has 0 aromatic heterocycles. The van der Waals surface area contributed by atoms with Gasteiger partial charge in [0, 0.05) is 12.0 Å². The molecule has 6 nitrogen and oxygen atoms in total. The molecule has 0 spiro atoms. The van der Waals surface area contributed by atoms with Crippen LogP contribution in [0.25, 0.3) is 0 Å². The molecule has 7 heteroatoms. The molecule has 1 aromatic carbocycles. The van der Waals surface area contributed by atoms with Crippen molar-refractivity contribution in [3.8, 4) is 5.75 Å².